The largest absolute Gasteiger partial charge is 0.497 e. The molecule has 0 aromatic heterocycles. The molecule has 0 bridgehead atoms. The van der Waals surface area contributed by atoms with Gasteiger partial charge >= 0.3 is 0 Å². The highest BCUT2D eigenvalue weighted by Crippen LogP contribution is 2.29. The fourth-order valence-electron chi connectivity index (χ4n) is 2.67. The maximum absolute atomic E-state index is 9.10. The third-order valence-corrected chi connectivity index (χ3v) is 3.71. The molecular formula is C15H23Cl2N3O. The van der Waals surface area contributed by atoms with Crippen molar-refractivity contribution in [2.75, 3.05) is 33.3 Å². The fraction of sp³-hybridized carbons (Fsp3) is 0.533. The van der Waals surface area contributed by atoms with E-state index in [1.54, 1.807) is 7.11 Å². The molecule has 0 spiro atoms. The molecule has 1 fully saturated rings. The van der Waals surface area contributed by atoms with Gasteiger partial charge in [-0.25, -0.2) is 0 Å². The molecule has 4 nitrogen and oxygen atoms in total. The number of piperazine rings is 1. The van der Waals surface area contributed by atoms with E-state index in [1.165, 1.54) is 11.1 Å². The van der Waals surface area contributed by atoms with Crippen molar-refractivity contribution in [2.24, 2.45) is 0 Å². The quantitative estimate of drug-likeness (QED) is 0.921. The number of methoxy groups -OCH3 is 1. The summed E-state index contributed by atoms with van der Waals surface area (Å²) in [5.74, 6) is 0.872. The number of hydrogen-bond acceptors (Lipinski definition) is 4. The van der Waals surface area contributed by atoms with Crippen LogP contribution in [0, 0.1) is 18.3 Å². The van der Waals surface area contributed by atoms with Gasteiger partial charge in [0.15, 0.2) is 0 Å². The Labute approximate surface area is 139 Å². The molecule has 0 amide bonds. The second-order valence-electron chi connectivity index (χ2n) is 4.89. The standard InChI is InChI=1S/C15H21N3O.2ClH/c1-12-11-13(19-2)3-4-14(12)15(5-6-16)18-9-7-17-8-10-18;;/h3-4,11,15,17H,5,7-10H2,1-2H3;2*1H/t15-;;/m0../s1. The molecule has 1 saturated heterocycles. The zero-order chi connectivity index (χ0) is 13.7. The van der Waals surface area contributed by atoms with E-state index in [-0.39, 0.29) is 30.9 Å². The van der Waals surface area contributed by atoms with Crippen molar-refractivity contribution >= 4 is 24.8 Å². The monoisotopic (exact) mass is 331 g/mol. The number of nitrogens with one attached hydrogen (secondary N) is 1. The van der Waals surface area contributed by atoms with Crippen LogP contribution in [0.2, 0.25) is 0 Å². The van der Waals surface area contributed by atoms with Gasteiger partial charge in [0.1, 0.15) is 5.75 Å². The van der Waals surface area contributed by atoms with Crippen LogP contribution in [0.4, 0.5) is 0 Å². The summed E-state index contributed by atoms with van der Waals surface area (Å²) in [6, 6.07) is 8.64. The third kappa shape index (κ3) is 5.05. The number of halogens is 2. The first-order valence-electron chi connectivity index (χ1n) is 6.72. The molecular weight excluding hydrogens is 309 g/mol. The molecule has 6 heteroatoms. The first-order chi connectivity index (χ1) is 9.26. The minimum atomic E-state index is 0. The van der Waals surface area contributed by atoms with Crippen LogP contribution in [0.5, 0.6) is 5.75 Å². The van der Waals surface area contributed by atoms with Crippen molar-refractivity contribution in [3.63, 3.8) is 0 Å². The Kier molecular flexibility index (Phi) is 9.39. The molecule has 118 valence electrons. The normalized spacial score (nSPS) is 16.0. The van der Waals surface area contributed by atoms with Crippen molar-refractivity contribution in [2.45, 2.75) is 19.4 Å². The van der Waals surface area contributed by atoms with Gasteiger partial charge in [0, 0.05) is 32.2 Å². The Morgan fingerprint density at radius 3 is 2.52 bits per heavy atom. The summed E-state index contributed by atoms with van der Waals surface area (Å²) in [6.07, 6.45) is 0.535. The Morgan fingerprint density at radius 2 is 2.00 bits per heavy atom. The summed E-state index contributed by atoms with van der Waals surface area (Å²) >= 11 is 0. The SMILES string of the molecule is COc1ccc([C@H](CC#N)N2CCNCC2)c(C)c1.Cl.Cl. The van der Waals surface area contributed by atoms with Gasteiger partial charge in [0.05, 0.1) is 19.6 Å². The summed E-state index contributed by atoms with van der Waals surface area (Å²) in [7, 11) is 1.68. The van der Waals surface area contributed by atoms with Crippen LogP contribution < -0.4 is 10.1 Å². The van der Waals surface area contributed by atoms with E-state index in [1.807, 2.05) is 12.1 Å². The van der Waals surface area contributed by atoms with Gasteiger partial charge in [-0.05, 0) is 30.2 Å². The summed E-state index contributed by atoms with van der Waals surface area (Å²) in [4.78, 5) is 2.40. The summed E-state index contributed by atoms with van der Waals surface area (Å²) in [5.41, 5.74) is 2.43. The maximum atomic E-state index is 9.10. The van der Waals surface area contributed by atoms with E-state index in [0.29, 0.717) is 6.42 Å². The van der Waals surface area contributed by atoms with Crippen LogP contribution in [0.1, 0.15) is 23.6 Å². The Hall–Kier alpha value is -0.990. The molecule has 1 atom stereocenters. The maximum Gasteiger partial charge on any atom is 0.119 e. The molecule has 1 N–H and O–H groups in total. The zero-order valence-corrected chi connectivity index (χ0v) is 14.1. The van der Waals surface area contributed by atoms with E-state index in [9.17, 15) is 0 Å². The van der Waals surface area contributed by atoms with Crippen molar-refractivity contribution < 1.29 is 4.74 Å². The summed E-state index contributed by atoms with van der Waals surface area (Å²) in [6.45, 7) is 6.08. The molecule has 0 saturated carbocycles. The first kappa shape index (κ1) is 20.0. The van der Waals surface area contributed by atoms with Crippen LogP contribution >= 0.6 is 24.8 Å². The fourth-order valence-corrected chi connectivity index (χ4v) is 2.67. The molecule has 1 aromatic carbocycles. The minimum absolute atomic E-state index is 0. The molecule has 0 unspecified atom stereocenters. The predicted octanol–water partition coefficient (Wildman–Crippen LogP) is 2.71. The lowest BCUT2D eigenvalue weighted by molar-refractivity contribution is 0.175. The molecule has 0 aliphatic carbocycles. The number of benzene rings is 1. The van der Waals surface area contributed by atoms with Crippen molar-refractivity contribution in [3.05, 3.63) is 29.3 Å². The van der Waals surface area contributed by atoms with Crippen LogP contribution in [-0.2, 0) is 0 Å². The van der Waals surface area contributed by atoms with Crippen molar-refractivity contribution in [1.29, 1.82) is 5.26 Å². The highest BCUT2D eigenvalue weighted by atomic mass is 35.5. The molecule has 0 radical (unpaired) electrons. The van der Waals surface area contributed by atoms with E-state index in [2.05, 4.69) is 29.3 Å². The van der Waals surface area contributed by atoms with Crippen LogP contribution in [0.15, 0.2) is 18.2 Å². The van der Waals surface area contributed by atoms with Gasteiger partial charge in [-0.15, -0.1) is 24.8 Å². The van der Waals surface area contributed by atoms with E-state index >= 15 is 0 Å². The second-order valence-corrected chi connectivity index (χ2v) is 4.89. The Bertz CT molecular complexity index is 470. The first-order valence-corrected chi connectivity index (χ1v) is 6.72. The topological polar surface area (TPSA) is 48.3 Å². The Morgan fingerprint density at radius 1 is 1.33 bits per heavy atom. The number of rotatable bonds is 4. The lowest BCUT2D eigenvalue weighted by Gasteiger charge is -2.34. The van der Waals surface area contributed by atoms with Crippen molar-refractivity contribution in [3.8, 4) is 11.8 Å². The highest BCUT2D eigenvalue weighted by Gasteiger charge is 2.23. The summed E-state index contributed by atoms with van der Waals surface area (Å²) < 4.78 is 5.25. The lowest BCUT2D eigenvalue weighted by Crippen LogP contribution is -2.45. The predicted molar refractivity (Wildman–Crippen MR) is 89.6 cm³/mol. The number of ether oxygens (including phenoxy) is 1. The van der Waals surface area contributed by atoms with Crippen LogP contribution in [-0.4, -0.2) is 38.2 Å². The van der Waals surface area contributed by atoms with Gasteiger partial charge < -0.3 is 10.1 Å². The third-order valence-electron chi connectivity index (χ3n) is 3.71. The van der Waals surface area contributed by atoms with Crippen molar-refractivity contribution in [1.82, 2.24) is 10.2 Å². The average molecular weight is 332 g/mol. The Balaban J connectivity index is 0.00000200. The van der Waals surface area contributed by atoms with Crippen LogP contribution in [0.25, 0.3) is 0 Å². The van der Waals surface area contributed by atoms with E-state index in [0.717, 1.165) is 31.9 Å². The van der Waals surface area contributed by atoms with Crippen LogP contribution in [0.3, 0.4) is 0 Å². The highest BCUT2D eigenvalue weighted by molar-refractivity contribution is 5.85. The molecule has 21 heavy (non-hydrogen) atoms. The average Bonchev–Trinajstić information content (AvgIpc) is 2.46. The molecule has 1 heterocycles. The smallest absolute Gasteiger partial charge is 0.119 e. The molecule has 1 aromatic rings. The van der Waals surface area contributed by atoms with Gasteiger partial charge in [-0.1, -0.05) is 6.07 Å². The van der Waals surface area contributed by atoms with Gasteiger partial charge in [0.25, 0.3) is 0 Å². The zero-order valence-electron chi connectivity index (χ0n) is 12.5. The second kappa shape index (κ2) is 9.86. The lowest BCUT2D eigenvalue weighted by atomic mass is 9.97. The molecule has 1 aliphatic rings. The van der Waals surface area contributed by atoms with E-state index in [4.69, 9.17) is 10.00 Å². The van der Waals surface area contributed by atoms with Gasteiger partial charge in [0.2, 0.25) is 0 Å². The molecule has 2 rings (SSSR count). The van der Waals surface area contributed by atoms with Gasteiger partial charge in [-0.3, -0.25) is 4.90 Å². The number of hydrogen-bond donors (Lipinski definition) is 1. The molecule has 1 aliphatic heterocycles. The van der Waals surface area contributed by atoms with E-state index < -0.39 is 0 Å². The van der Waals surface area contributed by atoms with Gasteiger partial charge in [-0.2, -0.15) is 5.26 Å². The number of nitriles is 1. The number of nitrogens with zero attached hydrogens (tertiary/aromatic N) is 2. The minimum Gasteiger partial charge on any atom is -0.497 e. The summed E-state index contributed by atoms with van der Waals surface area (Å²) in [5, 5.41) is 12.5. The number of aryl methyl sites for hydroxylation is 1.